The van der Waals surface area contributed by atoms with Gasteiger partial charge in [0.25, 0.3) is 0 Å². The van der Waals surface area contributed by atoms with Gasteiger partial charge in [-0.1, -0.05) is 36.5 Å². The van der Waals surface area contributed by atoms with E-state index in [0.29, 0.717) is 11.4 Å². The molecule has 0 unspecified atom stereocenters. The van der Waals surface area contributed by atoms with Gasteiger partial charge in [0.2, 0.25) is 11.5 Å². The number of carbonyl (C=O) groups is 1. The van der Waals surface area contributed by atoms with Crippen LogP contribution in [0.15, 0.2) is 64.6 Å². The van der Waals surface area contributed by atoms with Gasteiger partial charge in [0.15, 0.2) is 0 Å². The zero-order valence-electron chi connectivity index (χ0n) is 12.0. The molecule has 0 aliphatic rings. The van der Waals surface area contributed by atoms with Gasteiger partial charge < -0.3 is 10.6 Å². The van der Waals surface area contributed by atoms with E-state index in [2.05, 4.69) is 30.9 Å². The van der Waals surface area contributed by atoms with Gasteiger partial charge in [-0.2, -0.15) is 0 Å². The molecule has 0 atom stereocenters. The van der Waals surface area contributed by atoms with Crippen LogP contribution in [0, 0.1) is 0 Å². The molecular formula is C15H20N2O2S. The Bertz CT molecular complexity index is 522. The first-order chi connectivity index (χ1) is 9.38. The number of carbonyl (C=O) groups excluding carboxylic acids is 1. The summed E-state index contributed by atoms with van der Waals surface area (Å²) in [7, 11) is 0. The van der Waals surface area contributed by atoms with E-state index in [1.807, 2.05) is 0 Å². The summed E-state index contributed by atoms with van der Waals surface area (Å²) in [5.74, 6) is -0.360. The van der Waals surface area contributed by atoms with Gasteiger partial charge in [-0.15, -0.1) is 12.6 Å². The maximum Gasteiger partial charge on any atom is 0.238 e. The number of allylic oxidation sites excluding steroid dienone is 7. The van der Waals surface area contributed by atoms with Crippen molar-refractivity contribution in [1.29, 1.82) is 0 Å². The molecule has 0 aromatic rings. The van der Waals surface area contributed by atoms with Crippen molar-refractivity contribution in [2.45, 2.75) is 20.8 Å². The lowest BCUT2D eigenvalue weighted by Gasteiger charge is -2.06. The summed E-state index contributed by atoms with van der Waals surface area (Å²) in [6, 6.07) is 0. The molecule has 0 bridgehead atoms. The molecule has 0 amide bonds. The summed E-state index contributed by atoms with van der Waals surface area (Å²) in [6.45, 7) is 12.3. The topological polar surface area (TPSA) is 64.7 Å². The molecule has 0 aromatic heterocycles. The summed E-state index contributed by atoms with van der Waals surface area (Å²) in [6.07, 6.45) is 6.47. The molecule has 0 aromatic carbocycles. The Morgan fingerprint density at radius 1 is 1.35 bits per heavy atom. The van der Waals surface area contributed by atoms with Crippen LogP contribution < -0.4 is 5.73 Å². The second-order valence-electron chi connectivity index (χ2n) is 3.84. The molecule has 0 aliphatic heterocycles. The van der Waals surface area contributed by atoms with Crippen molar-refractivity contribution < 1.29 is 9.63 Å². The van der Waals surface area contributed by atoms with Crippen LogP contribution in [0.2, 0.25) is 0 Å². The van der Waals surface area contributed by atoms with Crippen LogP contribution in [0.4, 0.5) is 0 Å². The Balaban J connectivity index is 5.16. The Morgan fingerprint density at radius 3 is 2.35 bits per heavy atom. The summed E-state index contributed by atoms with van der Waals surface area (Å²) in [5, 5.41) is 3.89. The number of nitrogens with zero attached hydrogens (tertiary/aromatic N) is 1. The number of thiol groups is 1. The molecule has 0 radical (unpaired) electrons. The molecule has 108 valence electrons. The number of rotatable bonds is 7. The highest BCUT2D eigenvalue weighted by atomic mass is 32.1. The van der Waals surface area contributed by atoms with Crippen LogP contribution in [0.3, 0.4) is 0 Å². The van der Waals surface area contributed by atoms with Gasteiger partial charge >= 0.3 is 0 Å². The quantitative estimate of drug-likeness (QED) is 0.189. The van der Waals surface area contributed by atoms with Crippen LogP contribution in [-0.2, 0) is 9.63 Å². The van der Waals surface area contributed by atoms with Gasteiger partial charge in [-0.05, 0) is 32.4 Å². The third kappa shape index (κ3) is 5.32. The van der Waals surface area contributed by atoms with Crippen LogP contribution in [-0.4, -0.2) is 11.5 Å². The molecule has 0 heterocycles. The average Bonchev–Trinajstić information content (AvgIpc) is 2.43. The average molecular weight is 292 g/mol. The highest BCUT2D eigenvalue weighted by Crippen LogP contribution is 2.14. The molecule has 0 rings (SSSR count). The zero-order valence-corrected chi connectivity index (χ0v) is 12.9. The van der Waals surface area contributed by atoms with Crippen LogP contribution in [0.1, 0.15) is 20.8 Å². The van der Waals surface area contributed by atoms with Crippen molar-refractivity contribution in [3.8, 4) is 0 Å². The Hall–Kier alpha value is -2.01. The summed E-state index contributed by atoms with van der Waals surface area (Å²) >= 11 is 4.05. The lowest BCUT2D eigenvalue weighted by atomic mass is 10.1. The number of oxime groups is 1. The number of hydrogen-bond donors (Lipinski definition) is 2. The van der Waals surface area contributed by atoms with Crippen molar-refractivity contribution >= 4 is 24.1 Å². The molecule has 20 heavy (non-hydrogen) atoms. The molecule has 4 nitrogen and oxygen atoms in total. The Labute approximate surface area is 125 Å². The molecule has 2 N–H and O–H groups in total. The first-order valence-corrected chi connectivity index (χ1v) is 6.37. The smallest absolute Gasteiger partial charge is 0.238 e. The molecular weight excluding hydrogens is 272 g/mol. The van der Waals surface area contributed by atoms with E-state index in [9.17, 15) is 4.79 Å². The van der Waals surface area contributed by atoms with Crippen molar-refractivity contribution in [3.05, 3.63) is 59.4 Å². The highest BCUT2D eigenvalue weighted by Gasteiger charge is 2.15. The predicted molar refractivity (Wildman–Crippen MR) is 87.3 cm³/mol. The fourth-order valence-corrected chi connectivity index (χ4v) is 1.26. The van der Waals surface area contributed by atoms with E-state index in [1.54, 1.807) is 39.0 Å². The first kappa shape index (κ1) is 18.0. The monoisotopic (exact) mass is 292 g/mol. The SMILES string of the molecule is C=C/C=C(C=C)/C(C)=N/O/C(=C\C)C(=O)/C(S)=C(/C)N. The van der Waals surface area contributed by atoms with Gasteiger partial charge in [0, 0.05) is 5.70 Å². The minimum absolute atomic E-state index is 0.0566. The third-order valence-electron chi connectivity index (χ3n) is 2.29. The van der Waals surface area contributed by atoms with E-state index in [-0.39, 0.29) is 10.7 Å². The number of hydrogen-bond acceptors (Lipinski definition) is 5. The van der Waals surface area contributed by atoms with Gasteiger partial charge in [0.1, 0.15) is 0 Å². The fourth-order valence-electron chi connectivity index (χ4n) is 1.15. The molecule has 0 aliphatic carbocycles. The van der Waals surface area contributed by atoms with Crippen LogP contribution >= 0.6 is 12.6 Å². The lowest BCUT2D eigenvalue weighted by Crippen LogP contribution is -2.09. The van der Waals surface area contributed by atoms with Crippen molar-refractivity contribution in [2.75, 3.05) is 0 Å². The molecule has 5 heteroatoms. The molecule has 0 saturated heterocycles. The third-order valence-corrected chi connectivity index (χ3v) is 2.85. The normalized spacial score (nSPS) is 14.5. The van der Waals surface area contributed by atoms with E-state index < -0.39 is 5.78 Å². The Kier molecular flexibility index (Phi) is 8.08. The molecule has 0 fully saturated rings. The predicted octanol–water partition coefficient (Wildman–Crippen LogP) is 3.27. The minimum Gasteiger partial charge on any atom is -0.401 e. The van der Waals surface area contributed by atoms with E-state index in [1.165, 1.54) is 6.08 Å². The summed E-state index contributed by atoms with van der Waals surface area (Å²) in [5.41, 5.74) is 7.16. The van der Waals surface area contributed by atoms with Crippen molar-refractivity contribution in [3.63, 3.8) is 0 Å². The van der Waals surface area contributed by atoms with Crippen molar-refractivity contribution in [1.82, 2.24) is 0 Å². The standard InChI is InChI=1S/C15H20N2O2S/c1-6-9-12(7-2)11(5)17-19-13(8-3)14(18)15(20)10(4)16/h6-9,20H,1-2,16H2,3-5H3/b12-9+,13-8-,15-10+,17-11+. The molecule has 0 saturated carbocycles. The first-order valence-electron chi connectivity index (χ1n) is 5.92. The van der Waals surface area contributed by atoms with E-state index in [0.717, 1.165) is 5.57 Å². The molecule has 0 spiro atoms. The van der Waals surface area contributed by atoms with E-state index >= 15 is 0 Å². The minimum atomic E-state index is -0.416. The second-order valence-corrected chi connectivity index (χ2v) is 4.29. The second kappa shape index (κ2) is 8.98. The van der Waals surface area contributed by atoms with Crippen LogP contribution in [0.25, 0.3) is 0 Å². The van der Waals surface area contributed by atoms with Crippen molar-refractivity contribution in [2.24, 2.45) is 10.9 Å². The zero-order chi connectivity index (χ0) is 15.7. The number of nitrogens with two attached hydrogens (primary N) is 1. The van der Waals surface area contributed by atoms with E-state index in [4.69, 9.17) is 10.6 Å². The maximum atomic E-state index is 12.0. The van der Waals surface area contributed by atoms with Gasteiger partial charge in [-0.25, -0.2) is 0 Å². The van der Waals surface area contributed by atoms with Crippen LogP contribution in [0.5, 0.6) is 0 Å². The number of Topliss-reactive ketones (excluding diaryl/α,β-unsaturated/α-hetero) is 1. The number of ketones is 1. The highest BCUT2D eigenvalue weighted by molar-refractivity contribution is 7.85. The summed E-state index contributed by atoms with van der Waals surface area (Å²) in [4.78, 5) is 17.3. The summed E-state index contributed by atoms with van der Waals surface area (Å²) < 4.78 is 0. The fraction of sp³-hybridized carbons (Fsp3) is 0.200. The van der Waals surface area contributed by atoms with Gasteiger partial charge in [-0.3, -0.25) is 4.79 Å². The maximum absolute atomic E-state index is 12.0. The lowest BCUT2D eigenvalue weighted by molar-refractivity contribution is -0.114. The largest absolute Gasteiger partial charge is 0.401 e. The van der Waals surface area contributed by atoms with Gasteiger partial charge in [0.05, 0.1) is 10.6 Å². The Morgan fingerprint density at radius 2 is 1.95 bits per heavy atom.